The van der Waals surface area contributed by atoms with Gasteiger partial charge in [-0.25, -0.2) is 13.4 Å². The van der Waals surface area contributed by atoms with Gasteiger partial charge < -0.3 is 0 Å². The van der Waals surface area contributed by atoms with E-state index in [0.29, 0.717) is 6.54 Å². The van der Waals surface area contributed by atoms with Crippen LogP contribution >= 0.6 is 11.3 Å². The lowest BCUT2D eigenvalue weighted by atomic mass is 10.1. The van der Waals surface area contributed by atoms with Crippen LogP contribution in [0.15, 0.2) is 47.8 Å². The second-order valence-electron chi connectivity index (χ2n) is 6.52. The summed E-state index contributed by atoms with van der Waals surface area (Å²) in [5, 5.41) is 3.06. The first-order valence-electron chi connectivity index (χ1n) is 8.61. The monoisotopic (exact) mass is 384 g/mol. The maximum Gasteiger partial charge on any atom is 0.232 e. The van der Waals surface area contributed by atoms with Gasteiger partial charge in [0.05, 0.1) is 17.6 Å². The van der Waals surface area contributed by atoms with E-state index in [4.69, 9.17) is 4.98 Å². The Kier molecular flexibility index (Phi) is 4.32. The molecular formula is C20H20N2O2S2. The van der Waals surface area contributed by atoms with Crippen LogP contribution in [-0.4, -0.2) is 26.2 Å². The van der Waals surface area contributed by atoms with E-state index in [-0.39, 0.29) is 0 Å². The fourth-order valence-corrected chi connectivity index (χ4v) is 5.09. The van der Waals surface area contributed by atoms with Gasteiger partial charge in [0.15, 0.2) is 0 Å². The highest BCUT2D eigenvalue weighted by Crippen LogP contribution is 2.35. The van der Waals surface area contributed by atoms with E-state index < -0.39 is 10.0 Å². The minimum Gasteiger partial charge on any atom is -0.270 e. The fraction of sp³-hybridized carbons (Fsp3) is 0.250. The smallest absolute Gasteiger partial charge is 0.232 e. The Morgan fingerprint density at radius 1 is 1.12 bits per heavy atom. The molecule has 0 radical (unpaired) electrons. The average molecular weight is 385 g/mol. The fourth-order valence-electron chi connectivity index (χ4n) is 3.30. The zero-order valence-corrected chi connectivity index (χ0v) is 16.4. The number of benzene rings is 2. The number of hydrogen-bond donors (Lipinski definition) is 0. The maximum atomic E-state index is 11.9. The third-order valence-electron chi connectivity index (χ3n) is 4.74. The lowest BCUT2D eigenvalue weighted by molar-refractivity contribution is 0.598. The molecule has 0 bridgehead atoms. The van der Waals surface area contributed by atoms with Crippen LogP contribution in [0.5, 0.6) is 0 Å². The predicted molar refractivity (Wildman–Crippen MR) is 108 cm³/mol. The molecule has 26 heavy (non-hydrogen) atoms. The summed E-state index contributed by atoms with van der Waals surface area (Å²) in [6, 6.07) is 14.5. The third kappa shape index (κ3) is 3.15. The van der Waals surface area contributed by atoms with E-state index in [9.17, 15) is 8.42 Å². The predicted octanol–water partition coefficient (Wildman–Crippen LogP) is 4.36. The van der Waals surface area contributed by atoms with Crippen LogP contribution in [0.2, 0.25) is 0 Å². The van der Waals surface area contributed by atoms with E-state index in [0.717, 1.165) is 45.9 Å². The third-order valence-corrected chi connectivity index (χ3v) is 6.81. The molecule has 3 aromatic rings. The van der Waals surface area contributed by atoms with Crippen LogP contribution in [0, 0.1) is 0 Å². The number of anilines is 1. The van der Waals surface area contributed by atoms with Gasteiger partial charge >= 0.3 is 0 Å². The molecule has 0 atom stereocenters. The molecule has 2 heterocycles. The first kappa shape index (κ1) is 17.2. The highest BCUT2D eigenvalue weighted by Gasteiger charge is 2.26. The summed E-state index contributed by atoms with van der Waals surface area (Å²) in [5.41, 5.74) is 6.27. The largest absolute Gasteiger partial charge is 0.270 e. The van der Waals surface area contributed by atoms with Gasteiger partial charge in [-0.3, -0.25) is 4.31 Å². The molecule has 4 rings (SSSR count). The molecular weight excluding hydrogens is 364 g/mol. The molecule has 6 heteroatoms. The zero-order chi connectivity index (χ0) is 18.3. The van der Waals surface area contributed by atoms with Gasteiger partial charge in [0.1, 0.15) is 5.01 Å². The highest BCUT2D eigenvalue weighted by atomic mass is 32.2. The summed E-state index contributed by atoms with van der Waals surface area (Å²) in [5.74, 6) is 0. The lowest BCUT2D eigenvalue weighted by Crippen LogP contribution is -2.27. The van der Waals surface area contributed by atoms with Gasteiger partial charge in [-0.1, -0.05) is 37.3 Å². The number of fused-ring (bicyclic) bond motifs is 1. The topological polar surface area (TPSA) is 50.3 Å². The van der Waals surface area contributed by atoms with Crippen LogP contribution in [0.25, 0.3) is 21.8 Å². The summed E-state index contributed by atoms with van der Waals surface area (Å²) < 4.78 is 25.2. The Labute approximate surface area is 158 Å². The van der Waals surface area contributed by atoms with Crippen molar-refractivity contribution in [1.82, 2.24) is 4.98 Å². The lowest BCUT2D eigenvalue weighted by Gasteiger charge is -2.16. The Hall–Kier alpha value is -2.18. The number of hydrogen-bond acceptors (Lipinski definition) is 4. The summed E-state index contributed by atoms with van der Waals surface area (Å²) in [6.07, 6.45) is 3.03. The zero-order valence-electron chi connectivity index (χ0n) is 14.8. The van der Waals surface area contributed by atoms with Crippen LogP contribution < -0.4 is 4.31 Å². The minimum absolute atomic E-state index is 0.518. The Morgan fingerprint density at radius 2 is 1.85 bits per heavy atom. The first-order chi connectivity index (χ1) is 12.5. The van der Waals surface area contributed by atoms with Crippen molar-refractivity contribution in [1.29, 1.82) is 0 Å². The molecule has 1 aliphatic heterocycles. The molecule has 1 aliphatic rings. The molecule has 0 N–H and O–H groups in total. The van der Waals surface area contributed by atoms with Gasteiger partial charge in [-0.05, 0) is 36.1 Å². The van der Waals surface area contributed by atoms with Crippen LogP contribution in [0.1, 0.15) is 18.1 Å². The summed E-state index contributed by atoms with van der Waals surface area (Å²) in [6.45, 7) is 2.67. The van der Waals surface area contributed by atoms with Gasteiger partial charge in [-0.15, -0.1) is 11.3 Å². The van der Waals surface area contributed by atoms with Crippen LogP contribution in [-0.2, 0) is 22.9 Å². The summed E-state index contributed by atoms with van der Waals surface area (Å²) in [7, 11) is -3.21. The molecule has 2 aromatic carbocycles. The highest BCUT2D eigenvalue weighted by molar-refractivity contribution is 7.92. The van der Waals surface area contributed by atoms with E-state index in [1.54, 1.807) is 11.3 Å². The van der Waals surface area contributed by atoms with Crippen molar-refractivity contribution in [3.63, 3.8) is 0 Å². The first-order valence-corrected chi connectivity index (χ1v) is 11.3. The van der Waals surface area contributed by atoms with Gasteiger partial charge in [0.25, 0.3) is 0 Å². The molecule has 1 aromatic heterocycles. The standard InChI is InChI=1S/C20H20N2O2S2/c1-3-14-4-6-15(7-5-14)20-21-18(13-25-20)16-8-9-19-17(12-16)10-11-22(19)26(2,23)24/h4-9,12-13H,3,10-11H2,1-2H3. The van der Waals surface area contributed by atoms with Gasteiger partial charge in [-0.2, -0.15) is 0 Å². The van der Waals surface area contributed by atoms with Crippen molar-refractivity contribution in [3.05, 3.63) is 59.0 Å². The molecule has 0 spiro atoms. The van der Waals surface area contributed by atoms with Crippen molar-refractivity contribution in [2.45, 2.75) is 19.8 Å². The number of aryl methyl sites for hydroxylation is 1. The maximum absolute atomic E-state index is 11.9. The van der Waals surface area contributed by atoms with Crippen molar-refractivity contribution < 1.29 is 8.42 Å². The van der Waals surface area contributed by atoms with E-state index in [2.05, 4.69) is 42.6 Å². The number of sulfonamides is 1. The van der Waals surface area contributed by atoms with Crippen LogP contribution in [0.4, 0.5) is 5.69 Å². The molecule has 0 unspecified atom stereocenters. The second kappa shape index (κ2) is 6.52. The SMILES string of the molecule is CCc1ccc(-c2nc(-c3ccc4c(c3)CCN4S(C)(=O)=O)cs2)cc1. The number of thiazole rings is 1. The van der Waals surface area contributed by atoms with Gasteiger partial charge in [0, 0.05) is 23.1 Å². The quantitative estimate of drug-likeness (QED) is 0.671. The number of nitrogens with zero attached hydrogens (tertiary/aromatic N) is 2. The molecule has 4 nitrogen and oxygen atoms in total. The Morgan fingerprint density at radius 3 is 2.54 bits per heavy atom. The molecule has 0 amide bonds. The van der Waals surface area contributed by atoms with E-state index >= 15 is 0 Å². The van der Waals surface area contributed by atoms with Crippen molar-refractivity contribution in [2.75, 3.05) is 17.1 Å². The molecule has 0 saturated heterocycles. The van der Waals surface area contributed by atoms with Crippen molar-refractivity contribution in [2.24, 2.45) is 0 Å². The number of aromatic nitrogens is 1. The van der Waals surface area contributed by atoms with E-state index in [1.807, 2.05) is 12.1 Å². The van der Waals surface area contributed by atoms with Gasteiger partial charge in [0.2, 0.25) is 10.0 Å². The molecule has 0 aliphatic carbocycles. The molecule has 0 saturated carbocycles. The summed E-state index contributed by atoms with van der Waals surface area (Å²) in [4.78, 5) is 4.79. The summed E-state index contributed by atoms with van der Waals surface area (Å²) >= 11 is 1.63. The molecule has 0 fully saturated rings. The minimum atomic E-state index is -3.21. The Bertz CT molecular complexity index is 1050. The van der Waals surface area contributed by atoms with E-state index in [1.165, 1.54) is 16.1 Å². The normalized spacial score (nSPS) is 13.8. The molecule has 134 valence electrons. The number of rotatable bonds is 4. The average Bonchev–Trinajstić information content (AvgIpc) is 3.28. The second-order valence-corrected chi connectivity index (χ2v) is 9.28. The van der Waals surface area contributed by atoms with Crippen LogP contribution in [0.3, 0.4) is 0 Å². The van der Waals surface area contributed by atoms with Crippen molar-refractivity contribution in [3.8, 4) is 21.8 Å². The van der Waals surface area contributed by atoms with Crippen molar-refractivity contribution >= 4 is 27.0 Å². The Balaban J connectivity index is 1.64.